The lowest BCUT2D eigenvalue weighted by atomic mass is 10.3. The molecule has 2 unspecified atom stereocenters. The molecule has 2 atom stereocenters. The minimum Gasteiger partial charge on any atom is -0.356 e. The fourth-order valence-corrected chi connectivity index (χ4v) is 2.97. The largest absolute Gasteiger partial charge is 0.700 e. The van der Waals surface area contributed by atoms with Crippen LogP contribution in [0.1, 0.15) is 19.3 Å². The first kappa shape index (κ1) is 23.2. The number of hydrogen-bond donors (Lipinski definition) is 6. The van der Waals surface area contributed by atoms with Gasteiger partial charge >= 0.3 is 22.5 Å². The predicted molar refractivity (Wildman–Crippen MR) is 83.3 cm³/mol. The van der Waals surface area contributed by atoms with E-state index in [0.717, 1.165) is 0 Å². The number of hydrogen-bond acceptors (Lipinski definition) is 9. The number of carbonyl (C=O) groups is 2. The first-order valence-electron chi connectivity index (χ1n) is 6.45. The van der Waals surface area contributed by atoms with Gasteiger partial charge in [0.1, 0.15) is 0 Å². The van der Waals surface area contributed by atoms with E-state index in [1.165, 1.54) is 11.8 Å². The van der Waals surface area contributed by atoms with Crippen LogP contribution in [0.5, 0.6) is 0 Å². The van der Waals surface area contributed by atoms with E-state index in [1.807, 2.05) is 5.43 Å². The molecule has 7 N–H and O–H groups in total. The van der Waals surface area contributed by atoms with Crippen LogP contribution < -0.4 is 16.6 Å². The summed E-state index contributed by atoms with van der Waals surface area (Å²) in [7, 11) is -6.59. The average Bonchev–Trinajstić information content (AvgIpc) is 2.44. The van der Waals surface area contributed by atoms with Crippen molar-refractivity contribution in [3.05, 3.63) is 0 Å². The van der Waals surface area contributed by atoms with Crippen LogP contribution >= 0.6 is 28.3 Å². The van der Waals surface area contributed by atoms with Gasteiger partial charge in [-0.05, 0) is 9.05 Å². The molecule has 0 saturated heterocycles. The fraction of sp³-hybridized carbons (Fsp3) is 0.778. The molecule has 12 nitrogen and oxygen atoms in total. The van der Waals surface area contributed by atoms with Crippen LogP contribution in [-0.2, 0) is 27.8 Å². The van der Waals surface area contributed by atoms with Crippen molar-refractivity contribution in [3.63, 3.8) is 0 Å². The Bertz CT molecular complexity index is 452. The molecule has 0 aliphatic rings. The van der Waals surface area contributed by atoms with Crippen molar-refractivity contribution in [2.24, 2.45) is 5.84 Å². The highest BCUT2D eigenvalue weighted by Gasteiger charge is 2.47. The van der Waals surface area contributed by atoms with E-state index in [1.54, 1.807) is 0 Å². The lowest BCUT2D eigenvalue weighted by molar-refractivity contribution is -0.275. The maximum absolute atomic E-state index is 11.5. The average molecular weight is 407 g/mol. The van der Waals surface area contributed by atoms with Crippen molar-refractivity contribution < 1.29 is 42.7 Å². The standard InChI is InChI=1S/C9H17N3O9P2S/c10-12-8(14)2-6-24-5-1-7(13)11-4-3-9(15,20-22(16)17)21-23(18)19/h15H,1-6,10H2,(H2-2,11,12,13,14,16,17,18,19)/p+2. The number of hydrazine groups is 1. The molecule has 0 aliphatic carbocycles. The van der Waals surface area contributed by atoms with Crippen LogP contribution in [-0.4, -0.2) is 50.7 Å². The van der Waals surface area contributed by atoms with Crippen LogP contribution in [0, 0.1) is 0 Å². The molecule has 2 amide bonds. The summed E-state index contributed by atoms with van der Waals surface area (Å²) < 4.78 is 29.4. The van der Waals surface area contributed by atoms with Gasteiger partial charge in [-0.3, -0.25) is 15.0 Å². The third-order valence-electron chi connectivity index (χ3n) is 2.31. The van der Waals surface area contributed by atoms with Gasteiger partial charge in [0.05, 0.1) is 6.42 Å². The van der Waals surface area contributed by atoms with E-state index >= 15 is 0 Å². The molecule has 0 spiro atoms. The highest BCUT2D eigenvalue weighted by molar-refractivity contribution is 7.99. The van der Waals surface area contributed by atoms with Gasteiger partial charge in [0.15, 0.2) is 0 Å². The summed E-state index contributed by atoms with van der Waals surface area (Å²) in [6.07, 6.45) is -0.202. The zero-order chi connectivity index (χ0) is 18.6. The van der Waals surface area contributed by atoms with Crippen LogP contribution in [0.25, 0.3) is 0 Å². The monoisotopic (exact) mass is 407 g/mol. The smallest absolute Gasteiger partial charge is 0.356 e. The van der Waals surface area contributed by atoms with Gasteiger partial charge in [-0.1, -0.05) is 0 Å². The summed E-state index contributed by atoms with van der Waals surface area (Å²) in [6, 6.07) is 0. The van der Waals surface area contributed by atoms with Gasteiger partial charge in [0, 0.05) is 40.0 Å². The summed E-state index contributed by atoms with van der Waals surface area (Å²) in [5.74, 6) is 2.35. The molecular formula is C9H19N3O9P2S+2. The third kappa shape index (κ3) is 12.6. The van der Waals surface area contributed by atoms with Crippen molar-refractivity contribution in [3.8, 4) is 0 Å². The van der Waals surface area contributed by atoms with Crippen molar-refractivity contribution >= 4 is 40.1 Å². The Morgan fingerprint density at radius 2 is 1.58 bits per heavy atom. The topological polar surface area (TPSA) is 198 Å². The molecule has 0 heterocycles. The minimum absolute atomic E-state index is 0.123. The molecule has 0 radical (unpaired) electrons. The molecule has 15 heteroatoms. The number of carbonyl (C=O) groups excluding carboxylic acids is 2. The Morgan fingerprint density at radius 3 is 2.04 bits per heavy atom. The van der Waals surface area contributed by atoms with E-state index in [-0.39, 0.29) is 25.3 Å². The summed E-state index contributed by atoms with van der Waals surface area (Å²) in [5.41, 5.74) is 1.98. The Kier molecular flexibility index (Phi) is 12.2. The maximum Gasteiger partial charge on any atom is 0.700 e. The van der Waals surface area contributed by atoms with Gasteiger partial charge < -0.3 is 10.4 Å². The van der Waals surface area contributed by atoms with Crippen molar-refractivity contribution in [2.45, 2.75) is 25.2 Å². The molecule has 0 bridgehead atoms. The number of rotatable bonds is 13. The van der Waals surface area contributed by atoms with Crippen molar-refractivity contribution in [1.29, 1.82) is 0 Å². The van der Waals surface area contributed by atoms with Crippen LogP contribution in [0.2, 0.25) is 0 Å². The quantitative estimate of drug-likeness (QED) is 0.0545. The van der Waals surface area contributed by atoms with Crippen LogP contribution in [0.4, 0.5) is 0 Å². The molecule has 138 valence electrons. The molecule has 0 rings (SSSR count). The number of amides is 2. The normalized spacial score (nSPS) is 14.5. The summed E-state index contributed by atoms with van der Waals surface area (Å²) in [6.45, 7) is -0.234. The first-order valence-corrected chi connectivity index (χ1v) is 9.87. The van der Waals surface area contributed by atoms with Crippen molar-refractivity contribution in [2.75, 3.05) is 18.1 Å². The van der Waals surface area contributed by atoms with Crippen molar-refractivity contribution in [1.82, 2.24) is 10.7 Å². The van der Waals surface area contributed by atoms with E-state index in [0.29, 0.717) is 11.5 Å². The predicted octanol–water partition coefficient (Wildman–Crippen LogP) is -1.03. The number of aliphatic hydroxyl groups is 1. The second-order valence-corrected chi connectivity index (χ2v) is 6.69. The Hall–Kier alpha value is -0.750. The van der Waals surface area contributed by atoms with E-state index in [2.05, 4.69) is 14.4 Å². The summed E-state index contributed by atoms with van der Waals surface area (Å²) in [5, 5.41) is 12.0. The Morgan fingerprint density at radius 1 is 1.08 bits per heavy atom. The van der Waals surface area contributed by atoms with Gasteiger partial charge in [-0.2, -0.15) is 11.8 Å². The van der Waals surface area contributed by atoms with E-state index in [4.69, 9.17) is 15.6 Å². The number of nitrogens with two attached hydrogens (primary N) is 1. The molecule has 0 aliphatic heterocycles. The lowest BCUT2D eigenvalue weighted by Gasteiger charge is -2.14. The molecule has 0 aromatic rings. The minimum atomic E-state index is -3.29. The summed E-state index contributed by atoms with van der Waals surface area (Å²) >= 11 is 1.36. The molecule has 0 fully saturated rings. The highest BCUT2D eigenvalue weighted by Crippen LogP contribution is 2.34. The zero-order valence-corrected chi connectivity index (χ0v) is 15.0. The molecule has 0 aromatic heterocycles. The first-order chi connectivity index (χ1) is 11.2. The SMILES string of the molecule is NNC(=O)CCSCCC(=O)NCCC(O)(O[P+](=O)O)O[P+](=O)O. The van der Waals surface area contributed by atoms with E-state index < -0.39 is 34.8 Å². The molecular weight excluding hydrogens is 388 g/mol. The van der Waals surface area contributed by atoms with Crippen LogP contribution in [0.15, 0.2) is 0 Å². The number of nitrogens with one attached hydrogen (secondary N) is 2. The fourth-order valence-electron chi connectivity index (χ4n) is 1.30. The Labute approximate surface area is 143 Å². The highest BCUT2D eigenvalue weighted by atomic mass is 32.2. The third-order valence-corrected chi connectivity index (χ3v) is 4.18. The number of thioether (sulfide) groups is 1. The molecule has 24 heavy (non-hydrogen) atoms. The van der Waals surface area contributed by atoms with Gasteiger partial charge in [-0.25, -0.2) is 5.84 Å². The second kappa shape index (κ2) is 12.6. The van der Waals surface area contributed by atoms with Gasteiger partial charge in [0.25, 0.3) is 0 Å². The van der Waals surface area contributed by atoms with Gasteiger partial charge in [-0.15, -0.1) is 9.79 Å². The molecule has 0 aromatic carbocycles. The Balaban J connectivity index is 4.00. The maximum atomic E-state index is 11.5. The van der Waals surface area contributed by atoms with E-state index in [9.17, 15) is 23.8 Å². The molecule has 0 saturated carbocycles. The van der Waals surface area contributed by atoms with Crippen LogP contribution in [0.3, 0.4) is 0 Å². The summed E-state index contributed by atoms with van der Waals surface area (Å²) in [4.78, 5) is 39.5. The second-order valence-electron chi connectivity index (χ2n) is 4.15. The van der Waals surface area contributed by atoms with Gasteiger partial charge in [0.2, 0.25) is 11.8 Å². The zero-order valence-electron chi connectivity index (χ0n) is 12.4. The lowest BCUT2D eigenvalue weighted by Crippen LogP contribution is -2.37.